The van der Waals surface area contributed by atoms with Crippen LogP contribution in [-0.4, -0.2) is 24.9 Å². The number of hydrogen-bond acceptors (Lipinski definition) is 4. The minimum atomic E-state index is -0.468. The van der Waals surface area contributed by atoms with E-state index in [2.05, 4.69) is 11.5 Å². The fraction of sp³-hybridized carbons (Fsp3) is 0.500. The summed E-state index contributed by atoms with van der Waals surface area (Å²) in [4.78, 5) is 18.9. The zero-order valence-corrected chi connectivity index (χ0v) is 5.54. The van der Waals surface area contributed by atoms with E-state index in [0.29, 0.717) is 0 Å². The van der Waals surface area contributed by atoms with Gasteiger partial charge in [0, 0.05) is 0 Å². The van der Waals surface area contributed by atoms with E-state index in [-0.39, 0.29) is 13.1 Å². The molecule has 0 aliphatic rings. The summed E-state index contributed by atoms with van der Waals surface area (Å²) in [5.41, 5.74) is 18.4. The molecule has 0 aliphatic carbocycles. The van der Waals surface area contributed by atoms with Crippen LogP contribution in [-0.2, 0) is 9.59 Å². The van der Waals surface area contributed by atoms with Crippen molar-refractivity contribution in [3.05, 3.63) is 0 Å². The first-order valence-corrected chi connectivity index (χ1v) is 2.51. The lowest BCUT2D eigenvalue weighted by Gasteiger charge is -1.74. The van der Waals surface area contributed by atoms with Gasteiger partial charge in [0.05, 0.1) is 13.1 Å². The molecule has 6 heteroatoms. The van der Waals surface area contributed by atoms with E-state index >= 15 is 0 Å². The van der Waals surface area contributed by atoms with E-state index in [1.165, 1.54) is 0 Å². The van der Waals surface area contributed by atoms with Crippen LogP contribution in [0.1, 0.15) is 0 Å². The second kappa shape index (κ2) is 7.86. The standard InChI is InChI=1S/2C2H6N2O/c2*3-1-2(4)5/h2*1,3H2,(H2,4,5). The molecule has 8 N–H and O–H groups in total. The molecule has 0 heterocycles. The number of primary amides is 2. The van der Waals surface area contributed by atoms with Crippen molar-refractivity contribution < 1.29 is 9.59 Å². The molecule has 10 heavy (non-hydrogen) atoms. The highest BCUT2D eigenvalue weighted by molar-refractivity contribution is 5.75. The van der Waals surface area contributed by atoms with Crippen LogP contribution >= 0.6 is 0 Å². The highest BCUT2D eigenvalue weighted by atomic mass is 16.1. The molecule has 0 aromatic rings. The van der Waals surface area contributed by atoms with E-state index < -0.39 is 11.8 Å². The van der Waals surface area contributed by atoms with E-state index in [1.807, 2.05) is 0 Å². The van der Waals surface area contributed by atoms with Gasteiger partial charge in [-0.3, -0.25) is 9.59 Å². The van der Waals surface area contributed by atoms with Crippen LogP contribution in [0.5, 0.6) is 0 Å². The smallest absolute Gasteiger partial charge is 0.231 e. The molecule has 2 amide bonds. The second-order valence-electron chi connectivity index (χ2n) is 1.34. The van der Waals surface area contributed by atoms with Gasteiger partial charge in [-0.05, 0) is 0 Å². The van der Waals surface area contributed by atoms with Gasteiger partial charge in [0.25, 0.3) is 0 Å². The zero-order valence-electron chi connectivity index (χ0n) is 5.54. The van der Waals surface area contributed by atoms with Crippen LogP contribution in [0.2, 0.25) is 0 Å². The van der Waals surface area contributed by atoms with Crippen molar-refractivity contribution in [2.75, 3.05) is 13.1 Å². The maximum atomic E-state index is 9.47. The Morgan fingerprint density at radius 2 is 1.00 bits per heavy atom. The third-order valence-corrected chi connectivity index (χ3v) is 0.402. The molecule has 0 rings (SSSR count). The van der Waals surface area contributed by atoms with Gasteiger partial charge in [0.15, 0.2) is 0 Å². The number of amides is 2. The van der Waals surface area contributed by atoms with Crippen molar-refractivity contribution in [3.8, 4) is 0 Å². The molecular formula is C4H12N4O2. The summed E-state index contributed by atoms with van der Waals surface area (Å²) in [6.07, 6.45) is 0. The van der Waals surface area contributed by atoms with Gasteiger partial charge in [-0.15, -0.1) is 0 Å². The third kappa shape index (κ3) is 28.8. The highest BCUT2D eigenvalue weighted by Gasteiger charge is 1.77. The molecule has 0 radical (unpaired) electrons. The van der Waals surface area contributed by atoms with Crippen LogP contribution in [0, 0.1) is 0 Å². The van der Waals surface area contributed by atoms with Crippen molar-refractivity contribution >= 4 is 11.8 Å². The SMILES string of the molecule is NCC(N)=O.NCC(N)=O. The Hall–Kier alpha value is -1.14. The van der Waals surface area contributed by atoms with Gasteiger partial charge < -0.3 is 22.9 Å². The van der Waals surface area contributed by atoms with Crippen LogP contribution in [0.15, 0.2) is 0 Å². The summed E-state index contributed by atoms with van der Waals surface area (Å²) >= 11 is 0. The van der Waals surface area contributed by atoms with Crippen molar-refractivity contribution in [2.24, 2.45) is 22.9 Å². The van der Waals surface area contributed by atoms with Crippen LogP contribution < -0.4 is 22.9 Å². The van der Waals surface area contributed by atoms with Crippen LogP contribution in [0.3, 0.4) is 0 Å². The quantitative estimate of drug-likeness (QED) is 0.328. The van der Waals surface area contributed by atoms with Crippen molar-refractivity contribution in [1.82, 2.24) is 0 Å². The summed E-state index contributed by atoms with van der Waals surface area (Å²) in [7, 11) is 0. The second-order valence-corrected chi connectivity index (χ2v) is 1.34. The van der Waals surface area contributed by atoms with Gasteiger partial charge in [0.1, 0.15) is 0 Å². The topological polar surface area (TPSA) is 138 Å². The fourth-order valence-electron chi connectivity index (χ4n) is 0. The Kier molecular flexibility index (Phi) is 9.14. The normalized spacial score (nSPS) is 7.40. The van der Waals surface area contributed by atoms with Gasteiger partial charge in [-0.2, -0.15) is 0 Å². The average molecular weight is 148 g/mol. The molecule has 60 valence electrons. The van der Waals surface area contributed by atoms with E-state index in [1.54, 1.807) is 0 Å². The third-order valence-electron chi connectivity index (χ3n) is 0.402. The molecular weight excluding hydrogens is 136 g/mol. The monoisotopic (exact) mass is 148 g/mol. The van der Waals surface area contributed by atoms with Gasteiger partial charge in [-0.25, -0.2) is 0 Å². The van der Waals surface area contributed by atoms with Crippen LogP contribution in [0.25, 0.3) is 0 Å². The molecule has 0 bridgehead atoms. The van der Waals surface area contributed by atoms with Crippen molar-refractivity contribution in [2.45, 2.75) is 0 Å². The highest BCUT2D eigenvalue weighted by Crippen LogP contribution is 1.36. The zero-order chi connectivity index (χ0) is 8.57. The van der Waals surface area contributed by atoms with E-state index in [0.717, 1.165) is 0 Å². The minimum Gasteiger partial charge on any atom is -0.369 e. The average Bonchev–Trinajstić information content (AvgIpc) is 1.89. The summed E-state index contributed by atoms with van der Waals surface area (Å²) in [6, 6.07) is 0. The molecule has 0 aromatic heterocycles. The predicted molar refractivity (Wildman–Crippen MR) is 36.5 cm³/mol. The molecule has 0 saturated carbocycles. The van der Waals surface area contributed by atoms with E-state index in [9.17, 15) is 9.59 Å². The first-order chi connectivity index (χ1) is 4.54. The van der Waals surface area contributed by atoms with Crippen LogP contribution in [0.4, 0.5) is 0 Å². The number of carbonyl (C=O) groups excluding carboxylic acids is 2. The lowest BCUT2D eigenvalue weighted by atomic mass is 10.7. The Balaban J connectivity index is 0. The maximum Gasteiger partial charge on any atom is 0.231 e. The fourth-order valence-corrected chi connectivity index (χ4v) is 0. The lowest BCUT2D eigenvalue weighted by Crippen LogP contribution is -2.21. The van der Waals surface area contributed by atoms with E-state index in [4.69, 9.17) is 11.5 Å². The van der Waals surface area contributed by atoms with Gasteiger partial charge in [0.2, 0.25) is 11.8 Å². The Morgan fingerprint density at radius 1 is 0.900 bits per heavy atom. The molecule has 0 fully saturated rings. The predicted octanol–water partition coefficient (Wildman–Crippen LogP) is -3.14. The van der Waals surface area contributed by atoms with Gasteiger partial charge in [-0.1, -0.05) is 0 Å². The number of rotatable bonds is 2. The van der Waals surface area contributed by atoms with Gasteiger partial charge >= 0.3 is 0 Å². The number of carbonyl (C=O) groups is 2. The first-order valence-electron chi connectivity index (χ1n) is 2.51. The molecule has 6 nitrogen and oxygen atoms in total. The van der Waals surface area contributed by atoms with Crippen molar-refractivity contribution in [1.29, 1.82) is 0 Å². The first kappa shape index (κ1) is 11.6. The lowest BCUT2D eigenvalue weighted by molar-refractivity contribution is -0.117. The Bertz CT molecular complexity index is 99.8. The molecule has 0 saturated heterocycles. The summed E-state index contributed by atoms with van der Waals surface area (Å²) in [5, 5.41) is 0. The summed E-state index contributed by atoms with van der Waals surface area (Å²) in [6.45, 7) is -0.111. The largest absolute Gasteiger partial charge is 0.369 e. The molecule has 0 aliphatic heterocycles. The summed E-state index contributed by atoms with van der Waals surface area (Å²) < 4.78 is 0. The number of nitrogens with two attached hydrogens (primary N) is 4. The number of hydrogen-bond donors (Lipinski definition) is 4. The molecule has 0 atom stereocenters. The maximum absolute atomic E-state index is 9.47. The molecule has 0 spiro atoms. The molecule has 0 aromatic carbocycles. The minimum absolute atomic E-state index is 0.0556. The Labute approximate surface area is 58.5 Å². The summed E-state index contributed by atoms with van der Waals surface area (Å²) in [5.74, 6) is -0.935. The Morgan fingerprint density at radius 3 is 1.00 bits per heavy atom. The van der Waals surface area contributed by atoms with Crippen molar-refractivity contribution in [3.63, 3.8) is 0 Å². The molecule has 0 unspecified atom stereocenters.